The molecule has 5 rings (SSSR count). The Morgan fingerprint density at radius 1 is 0.951 bits per heavy atom. The summed E-state index contributed by atoms with van der Waals surface area (Å²) in [4.78, 5) is 29.2. The number of ether oxygens (including phenoxy) is 2. The number of benzene rings is 3. The van der Waals surface area contributed by atoms with E-state index in [0.717, 1.165) is 24.3 Å². The monoisotopic (exact) mass is 609 g/mol. The number of thiocarbonyl (C=S) groups is 1. The van der Waals surface area contributed by atoms with Crippen LogP contribution in [0, 0.1) is 0 Å². The van der Waals surface area contributed by atoms with E-state index >= 15 is 0 Å². The van der Waals surface area contributed by atoms with Crippen LogP contribution in [0.15, 0.2) is 77.7 Å². The maximum atomic E-state index is 13.2. The molecule has 2 N–H and O–H groups in total. The van der Waals surface area contributed by atoms with E-state index in [9.17, 15) is 9.59 Å². The van der Waals surface area contributed by atoms with Crippen LogP contribution in [0.1, 0.15) is 41.6 Å². The molecule has 2 aliphatic heterocycles. The second kappa shape index (κ2) is 14.5. The molecule has 3 aromatic rings. The van der Waals surface area contributed by atoms with Crippen LogP contribution in [0.5, 0.6) is 17.2 Å². The number of anilines is 1. The Kier molecular flexibility index (Phi) is 10.8. The second-order valence-corrected chi connectivity index (χ2v) is 11.4. The molecule has 10 heteroatoms. The van der Waals surface area contributed by atoms with Gasteiger partial charge < -0.3 is 20.1 Å². The summed E-state index contributed by atoms with van der Waals surface area (Å²) in [5.74, 6) is 1.22. The molecule has 0 unspecified atom stereocenters. The minimum absolute atomic E-state index is 0. The van der Waals surface area contributed by atoms with Gasteiger partial charge in [-0.15, -0.1) is 12.4 Å². The zero-order valence-corrected chi connectivity index (χ0v) is 24.9. The number of halogens is 1. The number of rotatable bonds is 10. The number of primary amides is 1. The molecular formula is C31H32ClN3O4S2. The number of carbonyl (C=O) groups excluding carboxylic acids is 2. The smallest absolute Gasteiger partial charge is 0.270 e. The van der Waals surface area contributed by atoms with Gasteiger partial charge in [0, 0.05) is 12.1 Å². The molecule has 214 valence electrons. The van der Waals surface area contributed by atoms with E-state index < -0.39 is 5.91 Å². The van der Waals surface area contributed by atoms with E-state index in [1.165, 1.54) is 44.1 Å². The number of carbonyl (C=O) groups is 2. The van der Waals surface area contributed by atoms with Crippen molar-refractivity contribution in [2.45, 2.75) is 25.7 Å². The fourth-order valence-corrected chi connectivity index (χ4v) is 5.97. The lowest BCUT2D eigenvalue weighted by Crippen LogP contribution is -2.31. The Bertz CT molecular complexity index is 1410. The molecule has 0 bridgehead atoms. The number of nitrogens with zero attached hydrogens (tertiary/aromatic N) is 2. The number of amides is 2. The molecule has 41 heavy (non-hydrogen) atoms. The summed E-state index contributed by atoms with van der Waals surface area (Å²) in [5, 5.41) is 0. The Morgan fingerprint density at radius 3 is 2.37 bits per heavy atom. The van der Waals surface area contributed by atoms with Crippen molar-refractivity contribution >= 4 is 64.3 Å². The predicted octanol–water partition coefficient (Wildman–Crippen LogP) is 6.66. The fourth-order valence-electron chi connectivity index (χ4n) is 4.68. The topological polar surface area (TPSA) is 85.1 Å². The molecular weight excluding hydrogens is 578 g/mol. The van der Waals surface area contributed by atoms with Crippen LogP contribution >= 0.6 is 36.4 Å². The van der Waals surface area contributed by atoms with Crippen molar-refractivity contribution in [1.29, 1.82) is 0 Å². The number of thioether (sulfide) groups is 1. The quantitative estimate of drug-likeness (QED) is 0.156. The lowest BCUT2D eigenvalue weighted by Gasteiger charge is -2.26. The first-order chi connectivity index (χ1) is 19.5. The van der Waals surface area contributed by atoms with Crippen molar-refractivity contribution in [1.82, 2.24) is 4.90 Å². The standard InChI is InChI=1S/C31H31N3O4S2.ClH/c32-29(35)23-6-4-7-27(21-23)38-26-12-8-22(9-13-26)20-28-30(36)34(31(39)40-28)24-10-14-25(15-11-24)37-19-5-18-33-16-2-1-3-17-33;/h4,6-15,20-21H,1-3,5,16-19H2,(H2,32,35);1H. The molecule has 0 spiro atoms. The highest BCUT2D eigenvalue weighted by Gasteiger charge is 2.33. The average Bonchev–Trinajstić information content (AvgIpc) is 3.25. The number of hydrogen-bond acceptors (Lipinski definition) is 7. The van der Waals surface area contributed by atoms with E-state index in [2.05, 4.69) is 4.90 Å². The summed E-state index contributed by atoms with van der Waals surface area (Å²) in [6.07, 6.45) is 6.75. The molecule has 2 saturated heterocycles. The van der Waals surface area contributed by atoms with Crippen LogP contribution in [0.4, 0.5) is 5.69 Å². The van der Waals surface area contributed by atoms with Crippen molar-refractivity contribution < 1.29 is 19.1 Å². The van der Waals surface area contributed by atoms with Gasteiger partial charge in [0.05, 0.1) is 17.2 Å². The van der Waals surface area contributed by atoms with Crippen LogP contribution in [-0.2, 0) is 4.79 Å². The highest BCUT2D eigenvalue weighted by Crippen LogP contribution is 2.37. The number of nitrogens with two attached hydrogens (primary N) is 1. The largest absolute Gasteiger partial charge is 0.494 e. The van der Waals surface area contributed by atoms with Crippen molar-refractivity contribution in [2.24, 2.45) is 5.73 Å². The van der Waals surface area contributed by atoms with E-state index in [1.807, 2.05) is 42.5 Å². The van der Waals surface area contributed by atoms with E-state index in [-0.39, 0.29) is 18.3 Å². The zero-order chi connectivity index (χ0) is 27.9. The summed E-state index contributed by atoms with van der Waals surface area (Å²) in [6, 6.07) is 21.5. The van der Waals surface area contributed by atoms with Crippen LogP contribution in [0.3, 0.4) is 0 Å². The Morgan fingerprint density at radius 2 is 1.66 bits per heavy atom. The first kappa shape index (κ1) is 30.6. The van der Waals surface area contributed by atoms with Gasteiger partial charge in [0.15, 0.2) is 4.32 Å². The summed E-state index contributed by atoms with van der Waals surface area (Å²) < 4.78 is 12.2. The molecule has 0 aliphatic carbocycles. The van der Waals surface area contributed by atoms with Crippen LogP contribution in [0.25, 0.3) is 6.08 Å². The molecule has 3 aromatic carbocycles. The Hall–Kier alpha value is -3.37. The first-order valence-corrected chi connectivity index (χ1v) is 14.6. The Balaban J connectivity index is 0.00000387. The Labute approximate surface area is 256 Å². The van der Waals surface area contributed by atoms with E-state index in [4.69, 9.17) is 27.4 Å². The highest BCUT2D eigenvalue weighted by molar-refractivity contribution is 8.27. The summed E-state index contributed by atoms with van der Waals surface area (Å²) in [7, 11) is 0. The van der Waals surface area contributed by atoms with Crippen molar-refractivity contribution in [3.8, 4) is 17.2 Å². The predicted molar refractivity (Wildman–Crippen MR) is 171 cm³/mol. The van der Waals surface area contributed by atoms with Gasteiger partial charge >= 0.3 is 0 Å². The third kappa shape index (κ3) is 8.10. The van der Waals surface area contributed by atoms with Gasteiger partial charge in [-0.2, -0.15) is 0 Å². The van der Waals surface area contributed by atoms with Gasteiger partial charge in [0.25, 0.3) is 5.91 Å². The molecule has 0 saturated carbocycles. The SMILES string of the molecule is Cl.NC(=O)c1cccc(Oc2ccc(C=C3SC(=S)N(c4ccc(OCCCN5CCCCC5)cc4)C3=O)cc2)c1. The maximum absolute atomic E-state index is 13.2. The lowest BCUT2D eigenvalue weighted by molar-refractivity contribution is -0.113. The van der Waals surface area contributed by atoms with E-state index in [1.54, 1.807) is 41.3 Å². The molecule has 2 heterocycles. The van der Waals surface area contributed by atoms with Gasteiger partial charge in [-0.3, -0.25) is 14.5 Å². The molecule has 0 atom stereocenters. The molecule has 0 aromatic heterocycles. The summed E-state index contributed by atoms with van der Waals surface area (Å²) in [5.41, 5.74) is 7.27. The van der Waals surface area contributed by atoms with Gasteiger partial charge in [0.2, 0.25) is 5.91 Å². The molecule has 2 aliphatic rings. The second-order valence-electron chi connectivity index (χ2n) is 9.68. The zero-order valence-electron chi connectivity index (χ0n) is 22.5. The van der Waals surface area contributed by atoms with Crippen molar-refractivity contribution in [2.75, 3.05) is 31.1 Å². The molecule has 0 radical (unpaired) electrons. The number of hydrogen-bond donors (Lipinski definition) is 1. The minimum Gasteiger partial charge on any atom is -0.494 e. The fraction of sp³-hybridized carbons (Fsp3) is 0.258. The van der Waals surface area contributed by atoms with Crippen LogP contribution < -0.4 is 20.1 Å². The third-order valence-corrected chi connectivity index (χ3v) is 8.06. The minimum atomic E-state index is -0.513. The van der Waals surface area contributed by atoms with Crippen molar-refractivity contribution in [3.05, 3.63) is 88.8 Å². The van der Waals surface area contributed by atoms with Crippen molar-refractivity contribution in [3.63, 3.8) is 0 Å². The van der Waals surface area contributed by atoms with Gasteiger partial charge in [-0.25, -0.2) is 0 Å². The van der Waals surface area contributed by atoms with Crippen LogP contribution in [0.2, 0.25) is 0 Å². The first-order valence-electron chi connectivity index (χ1n) is 13.4. The van der Waals surface area contributed by atoms with E-state index in [0.29, 0.717) is 38.6 Å². The molecule has 2 amide bonds. The van der Waals surface area contributed by atoms with Gasteiger partial charge in [-0.05, 0) is 98.6 Å². The highest BCUT2D eigenvalue weighted by atomic mass is 35.5. The third-order valence-electron chi connectivity index (χ3n) is 6.76. The van der Waals surface area contributed by atoms with Gasteiger partial charge in [-0.1, -0.05) is 48.6 Å². The summed E-state index contributed by atoms with van der Waals surface area (Å²) >= 11 is 6.81. The van der Waals surface area contributed by atoms with Crippen LogP contribution in [-0.4, -0.2) is 47.3 Å². The molecule has 7 nitrogen and oxygen atoms in total. The summed E-state index contributed by atoms with van der Waals surface area (Å²) in [6.45, 7) is 4.13. The lowest BCUT2D eigenvalue weighted by atomic mass is 10.1. The maximum Gasteiger partial charge on any atom is 0.270 e. The number of piperidine rings is 1. The normalized spacial score (nSPS) is 16.5. The van der Waals surface area contributed by atoms with Gasteiger partial charge in [0.1, 0.15) is 17.2 Å². The number of likely N-dealkylation sites (tertiary alicyclic amines) is 1. The average molecular weight is 610 g/mol. The molecule has 2 fully saturated rings.